The first-order chi connectivity index (χ1) is 13.5. The number of guanidine groups is 1. The number of nitrogens with zero attached hydrogens (tertiary/aromatic N) is 2. The molecule has 6 heteroatoms. The van der Waals surface area contributed by atoms with Gasteiger partial charge in [-0.3, -0.25) is 15.2 Å². The van der Waals surface area contributed by atoms with Crippen molar-refractivity contribution < 1.29 is 9.53 Å². The highest BCUT2D eigenvalue weighted by atomic mass is 16.5. The molecule has 0 aliphatic heterocycles. The van der Waals surface area contributed by atoms with Crippen molar-refractivity contribution in [3.05, 3.63) is 65.2 Å². The van der Waals surface area contributed by atoms with Gasteiger partial charge < -0.3 is 10.5 Å². The fourth-order valence-corrected chi connectivity index (χ4v) is 2.98. The number of hydrogen-bond donors (Lipinski definition) is 2. The van der Waals surface area contributed by atoms with Crippen LogP contribution in [-0.2, 0) is 11.3 Å². The van der Waals surface area contributed by atoms with Gasteiger partial charge in [-0.2, -0.15) is 0 Å². The molecule has 3 N–H and O–H groups in total. The maximum atomic E-state index is 12.7. The Bertz CT molecular complexity index is 770. The number of anilines is 1. The first kappa shape index (κ1) is 21.4. The summed E-state index contributed by atoms with van der Waals surface area (Å²) in [6, 6.07) is 15.6. The van der Waals surface area contributed by atoms with Crippen molar-refractivity contribution in [1.82, 2.24) is 5.32 Å². The molecule has 0 saturated heterocycles. The van der Waals surface area contributed by atoms with E-state index in [0.29, 0.717) is 26.3 Å². The Morgan fingerprint density at radius 3 is 2.43 bits per heavy atom. The Balaban J connectivity index is 1.88. The lowest BCUT2D eigenvalue weighted by molar-refractivity contribution is 0.128. The quantitative estimate of drug-likeness (QED) is 0.414. The zero-order valence-corrected chi connectivity index (χ0v) is 16.9. The molecule has 0 saturated carbocycles. The third kappa shape index (κ3) is 6.39. The third-order valence-electron chi connectivity index (χ3n) is 4.27. The molecule has 0 bridgehead atoms. The maximum absolute atomic E-state index is 12.7. The lowest BCUT2D eigenvalue weighted by Crippen LogP contribution is -2.47. The molecule has 0 heterocycles. The van der Waals surface area contributed by atoms with E-state index in [2.05, 4.69) is 10.3 Å². The van der Waals surface area contributed by atoms with Crippen molar-refractivity contribution in [3.63, 3.8) is 0 Å². The van der Waals surface area contributed by atoms with Crippen molar-refractivity contribution in [3.8, 4) is 0 Å². The highest BCUT2D eigenvalue weighted by Gasteiger charge is 2.19. The number of urea groups is 1. The monoisotopic (exact) mass is 382 g/mol. The second kappa shape index (κ2) is 11.1. The van der Waals surface area contributed by atoms with E-state index in [0.717, 1.165) is 28.8 Å². The summed E-state index contributed by atoms with van der Waals surface area (Å²) in [4.78, 5) is 18.7. The number of rotatable bonds is 8. The fourth-order valence-electron chi connectivity index (χ4n) is 2.98. The molecule has 28 heavy (non-hydrogen) atoms. The van der Waals surface area contributed by atoms with Crippen LogP contribution in [0.3, 0.4) is 0 Å². The van der Waals surface area contributed by atoms with Gasteiger partial charge in [0.25, 0.3) is 0 Å². The minimum Gasteiger partial charge on any atom is -0.375 e. The van der Waals surface area contributed by atoms with Crippen molar-refractivity contribution >= 4 is 17.7 Å². The number of carbonyl (C=O) groups is 1. The van der Waals surface area contributed by atoms with Crippen molar-refractivity contribution in [2.45, 2.75) is 33.8 Å². The topological polar surface area (TPSA) is 80.0 Å². The average molecular weight is 383 g/mol. The number of para-hydroxylation sites is 1. The zero-order valence-electron chi connectivity index (χ0n) is 16.9. The van der Waals surface area contributed by atoms with Crippen LogP contribution in [0.15, 0.2) is 53.5 Å². The summed E-state index contributed by atoms with van der Waals surface area (Å²) in [5.74, 6) is 0.0978. The summed E-state index contributed by atoms with van der Waals surface area (Å²) in [5.41, 5.74) is 10.0. The molecule has 2 amide bonds. The van der Waals surface area contributed by atoms with E-state index in [1.54, 1.807) is 4.90 Å². The third-order valence-corrected chi connectivity index (χ3v) is 4.27. The van der Waals surface area contributed by atoms with Crippen LogP contribution < -0.4 is 16.0 Å². The summed E-state index contributed by atoms with van der Waals surface area (Å²) < 4.78 is 5.58. The van der Waals surface area contributed by atoms with E-state index in [9.17, 15) is 4.79 Å². The normalized spacial score (nSPS) is 11.3. The average Bonchev–Trinajstić information content (AvgIpc) is 2.67. The number of carbonyl (C=O) groups excluding carboxylic acids is 1. The second-order valence-electron chi connectivity index (χ2n) is 6.63. The molecule has 0 spiro atoms. The summed E-state index contributed by atoms with van der Waals surface area (Å²) in [6.45, 7) is 7.98. The molecule has 0 aliphatic rings. The Labute approximate surface area is 167 Å². The Morgan fingerprint density at radius 1 is 1.11 bits per heavy atom. The van der Waals surface area contributed by atoms with E-state index in [1.807, 2.05) is 69.3 Å². The van der Waals surface area contributed by atoms with E-state index < -0.39 is 0 Å². The molecular formula is C22H30N4O2. The molecule has 150 valence electrons. The molecule has 0 aliphatic carbocycles. The minimum absolute atomic E-state index is 0.0978. The number of hydrogen-bond acceptors (Lipinski definition) is 3. The van der Waals surface area contributed by atoms with E-state index in [1.165, 1.54) is 0 Å². The van der Waals surface area contributed by atoms with Gasteiger partial charge in [0.1, 0.15) is 0 Å². The van der Waals surface area contributed by atoms with Crippen LogP contribution in [0.2, 0.25) is 0 Å². The number of nitrogens with two attached hydrogens (primary N) is 1. The number of aryl methyl sites for hydroxylation is 2. The van der Waals surface area contributed by atoms with E-state index in [-0.39, 0.29) is 12.0 Å². The van der Waals surface area contributed by atoms with Crippen molar-refractivity contribution in [2.75, 3.05) is 24.6 Å². The standard InChI is InChI=1S/C22H30N4O2/c1-4-14-26(20-17(2)9-8-10-18(20)3)22(27)25-21(23)24-13-15-28-16-19-11-6-5-7-12-19/h5-12H,4,13-16H2,1-3H3,(H3,23,24,25,27). The van der Waals surface area contributed by atoms with Crippen LogP contribution in [0.5, 0.6) is 0 Å². The number of nitrogens with one attached hydrogen (secondary N) is 1. The summed E-state index contributed by atoms with van der Waals surface area (Å²) in [5, 5.41) is 2.69. The molecular weight excluding hydrogens is 352 g/mol. The number of ether oxygens (including phenoxy) is 1. The molecule has 6 nitrogen and oxygen atoms in total. The highest BCUT2D eigenvalue weighted by Crippen LogP contribution is 2.24. The van der Waals surface area contributed by atoms with Crippen LogP contribution in [0, 0.1) is 13.8 Å². The molecule has 0 atom stereocenters. The van der Waals surface area contributed by atoms with Gasteiger partial charge in [0.15, 0.2) is 5.96 Å². The predicted molar refractivity (Wildman–Crippen MR) is 115 cm³/mol. The lowest BCUT2D eigenvalue weighted by Gasteiger charge is -2.26. The smallest absolute Gasteiger partial charge is 0.328 e. The highest BCUT2D eigenvalue weighted by molar-refractivity contribution is 6.04. The zero-order chi connectivity index (χ0) is 20.4. The van der Waals surface area contributed by atoms with Gasteiger partial charge in [0.05, 0.1) is 25.4 Å². The number of amides is 2. The van der Waals surface area contributed by atoms with Crippen LogP contribution in [0.25, 0.3) is 0 Å². The van der Waals surface area contributed by atoms with Gasteiger partial charge in [-0.1, -0.05) is 55.5 Å². The summed E-state index contributed by atoms with van der Waals surface area (Å²) in [7, 11) is 0. The first-order valence-corrected chi connectivity index (χ1v) is 9.59. The van der Waals surface area contributed by atoms with Gasteiger partial charge in [0.2, 0.25) is 0 Å². The molecule has 2 rings (SSSR count). The van der Waals surface area contributed by atoms with E-state index in [4.69, 9.17) is 10.5 Å². The Kier molecular flexibility index (Phi) is 8.49. The molecule has 2 aromatic rings. The number of benzene rings is 2. The van der Waals surface area contributed by atoms with Crippen molar-refractivity contribution in [2.24, 2.45) is 10.7 Å². The van der Waals surface area contributed by atoms with E-state index >= 15 is 0 Å². The molecule has 0 fully saturated rings. The minimum atomic E-state index is -0.272. The summed E-state index contributed by atoms with van der Waals surface area (Å²) >= 11 is 0. The van der Waals surface area contributed by atoms with Crippen LogP contribution in [0.1, 0.15) is 30.0 Å². The Hall–Kier alpha value is -2.86. The Morgan fingerprint density at radius 2 is 1.79 bits per heavy atom. The van der Waals surface area contributed by atoms with Crippen LogP contribution >= 0.6 is 0 Å². The van der Waals surface area contributed by atoms with Gasteiger partial charge in [-0.25, -0.2) is 4.79 Å². The maximum Gasteiger partial charge on any atom is 0.328 e. The predicted octanol–water partition coefficient (Wildman–Crippen LogP) is 3.76. The van der Waals surface area contributed by atoms with Gasteiger partial charge in [0, 0.05) is 6.54 Å². The SMILES string of the molecule is CCCN(C(=O)NC(N)=NCCOCc1ccccc1)c1c(C)cccc1C. The van der Waals surface area contributed by atoms with Gasteiger partial charge in [-0.05, 0) is 37.0 Å². The molecule has 0 unspecified atom stereocenters. The molecule has 0 aromatic heterocycles. The van der Waals surface area contributed by atoms with Crippen LogP contribution in [-0.4, -0.2) is 31.7 Å². The summed E-state index contributed by atoms with van der Waals surface area (Å²) in [6.07, 6.45) is 0.839. The number of aliphatic imine (C=N–C) groups is 1. The van der Waals surface area contributed by atoms with Crippen molar-refractivity contribution in [1.29, 1.82) is 0 Å². The first-order valence-electron chi connectivity index (χ1n) is 9.59. The fraction of sp³-hybridized carbons (Fsp3) is 0.364. The van der Waals surface area contributed by atoms with Gasteiger partial charge in [-0.15, -0.1) is 0 Å². The van der Waals surface area contributed by atoms with Crippen LogP contribution in [0.4, 0.5) is 10.5 Å². The lowest BCUT2D eigenvalue weighted by atomic mass is 10.1. The largest absolute Gasteiger partial charge is 0.375 e. The molecule has 0 radical (unpaired) electrons. The molecule has 2 aromatic carbocycles. The van der Waals surface area contributed by atoms with Gasteiger partial charge >= 0.3 is 6.03 Å². The second-order valence-corrected chi connectivity index (χ2v) is 6.63.